The number of hydrogen-bond donors (Lipinski definition) is 2. The summed E-state index contributed by atoms with van der Waals surface area (Å²) in [7, 11) is -1.95. The third-order valence-corrected chi connectivity index (χ3v) is 22.1. The fraction of sp³-hybridized carbons (Fsp3) is 0.524. The van der Waals surface area contributed by atoms with Crippen molar-refractivity contribution in [3.63, 3.8) is 0 Å². The Labute approximate surface area is 490 Å². The minimum Gasteiger partial charge on any atom is -0.480 e. The molecule has 0 bridgehead atoms. The molecule has 3 aliphatic heterocycles. The van der Waals surface area contributed by atoms with Crippen LogP contribution in [0.1, 0.15) is 127 Å². The number of carbonyl (C=O) groups excluding carboxylic acids is 2. The van der Waals surface area contributed by atoms with E-state index < -0.39 is 73.8 Å². The van der Waals surface area contributed by atoms with Crippen LogP contribution in [0, 0.1) is 5.41 Å². The lowest BCUT2D eigenvalue weighted by atomic mass is 9.77. The van der Waals surface area contributed by atoms with E-state index in [1.165, 1.54) is 0 Å². The van der Waals surface area contributed by atoms with E-state index in [0.717, 1.165) is 53.7 Å². The minimum absolute atomic E-state index is 0.0887. The molecular weight excluding hydrogens is 1100 g/mol. The predicted octanol–water partition coefficient (Wildman–Crippen LogP) is 10.0. The van der Waals surface area contributed by atoms with Gasteiger partial charge >= 0.3 is 19.2 Å². The van der Waals surface area contributed by atoms with E-state index in [1.54, 1.807) is 44.1 Å². The number of rotatable bonds is 18. The maximum absolute atomic E-state index is 15.7. The Kier molecular flexibility index (Phi) is 18.5. The molecule has 5 aromatic rings. The maximum atomic E-state index is 15.7. The summed E-state index contributed by atoms with van der Waals surface area (Å²) in [6.07, 6.45) is 3.69. The molecule has 3 unspecified atom stereocenters. The third-order valence-electron chi connectivity index (χ3n) is 16.5. The van der Waals surface area contributed by atoms with Crippen LogP contribution in [0.15, 0.2) is 108 Å². The van der Waals surface area contributed by atoms with Crippen LogP contribution in [0.5, 0.6) is 0 Å². The first-order valence-corrected chi connectivity index (χ1v) is 31.4. The first-order chi connectivity index (χ1) is 38.0. The molecule has 0 saturated carbocycles. The van der Waals surface area contributed by atoms with E-state index in [9.17, 15) is 14.7 Å². The topological polar surface area (TPSA) is 157 Å². The van der Waals surface area contributed by atoms with Crippen LogP contribution >= 0.6 is 15.9 Å². The number of nitrogens with zero attached hydrogens (tertiary/aromatic N) is 5. The van der Waals surface area contributed by atoms with Gasteiger partial charge in [0.25, 0.3) is 14.2 Å². The van der Waals surface area contributed by atoms with Gasteiger partial charge in [-0.1, -0.05) is 123 Å². The molecule has 3 aromatic carbocycles. The molecule has 8 rings (SSSR count). The lowest BCUT2D eigenvalue weighted by Gasteiger charge is -2.47. The van der Waals surface area contributed by atoms with E-state index in [-0.39, 0.29) is 30.8 Å². The van der Waals surface area contributed by atoms with Crippen molar-refractivity contribution in [2.75, 3.05) is 39.8 Å². The van der Waals surface area contributed by atoms with Gasteiger partial charge in [-0.15, -0.1) is 0 Å². The molecule has 0 radical (unpaired) electrons. The van der Waals surface area contributed by atoms with Crippen LogP contribution in [0.3, 0.4) is 0 Å². The van der Waals surface area contributed by atoms with E-state index >= 15 is 4.79 Å². The normalized spacial score (nSPS) is 20.0. The summed E-state index contributed by atoms with van der Waals surface area (Å²) in [6.45, 7) is 30.7. The number of amides is 2. The van der Waals surface area contributed by atoms with Crippen molar-refractivity contribution in [1.82, 2.24) is 29.8 Å². The zero-order chi connectivity index (χ0) is 59.0. The van der Waals surface area contributed by atoms with Crippen molar-refractivity contribution in [3.05, 3.63) is 119 Å². The van der Waals surface area contributed by atoms with Gasteiger partial charge < -0.3 is 38.2 Å². The number of benzene rings is 3. The largest absolute Gasteiger partial charge is 0.494 e. The fourth-order valence-corrected chi connectivity index (χ4v) is 17.3. The zero-order valence-electron chi connectivity index (χ0n) is 50.4. The number of ether oxygens (including phenoxy) is 2. The number of hydrogen-bond acceptors (Lipinski definition) is 11. The number of aryl methyl sites for hydroxylation is 1. The Bertz CT molecular complexity index is 3030. The standard InChI is InChI=1S/C63H86BBrN6O9Si/c1-16-69-52-32-31-43(64-79-62(11,12)63(13,14)80-64)35-49(52)50(55(69)48-29-23-33-66-54(48)42(2)76-15)37-61(9,10)41-71-53(57(73)74)30-24-34-70(71)56(72)51(67-58(75)77-59(3,4)5)40-68-38-44(65)36-45(39-68)78-81(60(6,7)8,46-25-19-17-20-26-46)47-27-21-18-22-28-47/h17-23,25-29,31-33,35-36,42,45,51,53H,16,24,30,34,37-41H2,1-15H3,(H,67,75)(H,73,74)/t42?,45?,51?,53-/m0/s1. The number of pyridine rings is 1. The summed E-state index contributed by atoms with van der Waals surface area (Å²) in [5.41, 5.74) is 3.01. The molecule has 0 spiro atoms. The number of carboxylic acid groups (broad SMARTS) is 1. The molecule has 4 atom stereocenters. The number of carboxylic acids is 1. The second-order valence-electron chi connectivity index (χ2n) is 26.0. The molecule has 2 aromatic heterocycles. The van der Waals surface area contributed by atoms with Crippen molar-refractivity contribution in [1.29, 1.82) is 0 Å². The Morgan fingerprint density at radius 3 is 2.11 bits per heavy atom. The van der Waals surface area contributed by atoms with Crippen LogP contribution in [0.25, 0.3) is 22.2 Å². The first-order valence-electron chi connectivity index (χ1n) is 28.7. The van der Waals surface area contributed by atoms with E-state index in [2.05, 4.69) is 151 Å². The van der Waals surface area contributed by atoms with Crippen molar-refractivity contribution >= 4 is 76.1 Å². The maximum Gasteiger partial charge on any atom is 0.494 e. The number of fused-ring (bicyclic) bond motifs is 1. The highest BCUT2D eigenvalue weighted by molar-refractivity contribution is 9.11. The van der Waals surface area contributed by atoms with Gasteiger partial charge in [0.05, 0.1) is 34.8 Å². The Morgan fingerprint density at radius 1 is 0.914 bits per heavy atom. The molecule has 2 N–H and O–H groups in total. The van der Waals surface area contributed by atoms with Crippen LogP contribution in [-0.4, -0.2) is 138 Å². The SMILES string of the molecule is CCn1c(-c2cccnc2C(C)OC)c(CC(C)(C)CN2[C@H](C(=O)O)CCCN2C(=O)C(CN2CC(Br)=CC(O[Si](c3ccccc3)(c3ccccc3)C(C)(C)C)C2)NC(=O)OC(C)(C)C)c2cc(B3OC(C)(C)C(C)(C)O3)ccc21. The molecule has 0 aliphatic carbocycles. The number of aliphatic carboxylic acids is 1. The van der Waals surface area contributed by atoms with Crippen LogP contribution in [0.2, 0.25) is 5.04 Å². The summed E-state index contributed by atoms with van der Waals surface area (Å²) < 4.78 is 35.8. The van der Waals surface area contributed by atoms with Crippen molar-refractivity contribution < 1.29 is 42.7 Å². The Hall–Kier alpha value is -5.18. The third kappa shape index (κ3) is 13.3. The average Bonchev–Trinajstić information content (AvgIpc) is 4.05. The summed E-state index contributed by atoms with van der Waals surface area (Å²) in [4.78, 5) is 50.3. The minimum atomic E-state index is -3.03. The number of aromatic nitrogens is 2. The monoisotopic (exact) mass is 1190 g/mol. The van der Waals surface area contributed by atoms with Gasteiger partial charge in [0.2, 0.25) is 0 Å². The van der Waals surface area contributed by atoms with Crippen LogP contribution in [-0.2, 0) is 45.8 Å². The lowest BCUT2D eigenvalue weighted by molar-refractivity contribution is -0.177. The molecule has 436 valence electrons. The van der Waals surface area contributed by atoms with Crippen LogP contribution < -0.4 is 21.2 Å². The van der Waals surface area contributed by atoms with Gasteiger partial charge in [-0.2, -0.15) is 0 Å². The first kappa shape index (κ1) is 61.9. The van der Waals surface area contributed by atoms with Crippen molar-refractivity contribution in [2.45, 2.75) is 169 Å². The Morgan fingerprint density at radius 2 is 1.54 bits per heavy atom. The number of hydrazine groups is 1. The summed E-state index contributed by atoms with van der Waals surface area (Å²) in [6, 6.07) is 29.2. The summed E-state index contributed by atoms with van der Waals surface area (Å²) >= 11 is 3.86. The smallest absolute Gasteiger partial charge is 0.480 e. The number of methoxy groups -OCH3 is 1. The molecular formula is C63H86BBrN6O9Si. The fourth-order valence-electron chi connectivity index (χ4n) is 12.0. The number of carbonyl (C=O) groups is 3. The van der Waals surface area contributed by atoms with Crippen molar-refractivity contribution in [2.24, 2.45) is 5.41 Å². The van der Waals surface area contributed by atoms with Gasteiger partial charge in [0.15, 0.2) is 0 Å². The van der Waals surface area contributed by atoms with E-state index in [4.69, 9.17) is 28.2 Å². The van der Waals surface area contributed by atoms with Gasteiger partial charge in [0, 0.05) is 73.5 Å². The molecule has 2 amide bonds. The second-order valence-corrected chi connectivity index (χ2v) is 31.2. The summed E-state index contributed by atoms with van der Waals surface area (Å²) in [5.74, 6) is -1.46. The van der Waals surface area contributed by atoms with Gasteiger partial charge in [-0.05, 0) is 138 Å². The van der Waals surface area contributed by atoms with Crippen LogP contribution in [0.4, 0.5) is 4.79 Å². The summed E-state index contributed by atoms with van der Waals surface area (Å²) in [5, 5.41) is 20.4. The number of nitrogens with one attached hydrogen (secondary N) is 1. The zero-order valence-corrected chi connectivity index (χ0v) is 53.0. The molecule has 2 fully saturated rings. The highest BCUT2D eigenvalue weighted by atomic mass is 79.9. The molecule has 15 nitrogen and oxygen atoms in total. The van der Waals surface area contributed by atoms with Gasteiger partial charge in [0.1, 0.15) is 17.7 Å². The molecule has 18 heteroatoms. The Balaban J connectivity index is 1.16. The number of halogens is 1. The lowest BCUT2D eigenvalue weighted by Crippen LogP contribution is -2.68. The molecule has 5 heterocycles. The molecule has 3 aliphatic rings. The average molecular weight is 1190 g/mol. The quantitative estimate of drug-likeness (QED) is 0.0802. The number of alkyl carbamates (subject to hydrolysis) is 1. The predicted molar refractivity (Wildman–Crippen MR) is 328 cm³/mol. The molecule has 81 heavy (non-hydrogen) atoms. The van der Waals surface area contributed by atoms with E-state index in [1.807, 2.05) is 52.8 Å². The highest BCUT2D eigenvalue weighted by Crippen LogP contribution is 2.43. The van der Waals surface area contributed by atoms with Gasteiger partial charge in [-0.25, -0.2) is 9.80 Å². The second kappa shape index (κ2) is 24.2. The van der Waals surface area contributed by atoms with Crippen molar-refractivity contribution in [3.8, 4) is 11.3 Å². The van der Waals surface area contributed by atoms with E-state index in [0.29, 0.717) is 38.9 Å². The van der Waals surface area contributed by atoms with Gasteiger partial charge in [-0.3, -0.25) is 24.5 Å². The molecule has 2 saturated heterocycles. The highest BCUT2D eigenvalue weighted by Gasteiger charge is 2.53.